The second-order valence-corrected chi connectivity index (χ2v) is 9.80. The summed E-state index contributed by atoms with van der Waals surface area (Å²) in [5, 5.41) is 9.29. The SMILES string of the molecule is COC(=O)OCC1(C)CC2CC(C1)C1CC(C)(COC3OC3O)CCC21. The van der Waals surface area contributed by atoms with Gasteiger partial charge in [-0.2, -0.15) is 0 Å². The standard InChI is InChI=1S/C20H32O6/c1-19(10-24-17-16(21)26-17)5-4-14-12-6-13(15(14)9-19)8-20(2,7-12)11-25-18(22)23-3/h12-17,21H,4-11H2,1-3H3. The Morgan fingerprint density at radius 2 is 1.81 bits per heavy atom. The number of aliphatic hydroxyl groups excluding tert-OH is 1. The molecule has 4 rings (SSSR count). The van der Waals surface area contributed by atoms with Crippen molar-refractivity contribution >= 4 is 6.16 Å². The normalized spacial score (nSPS) is 49.4. The van der Waals surface area contributed by atoms with Crippen LogP contribution in [0.4, 0.5) is 4.79 Å². The Bertz CT molecular complexity index is 552. The van der Waals surface area contributed by atoms with Crippen LogP contribution in [0.5, 0.6) is 0 Å². The zero-order valence-corrected chi connectivity index (χ0v) is 16.1. The van der Waals surface area contributed by atoms with E-state index in [9.17, 15) is 9.90 Å². The summed E-state index contributed by atoms with van der Waals surface area (Å²) in [6.45, 7) is 5.71. The van der Waals surface area contributed by atoms with Crippen LogP contribution in [0.1, 0.15) is 52.4 Å². The van der Waals surface area contributed by atoms with E-state index in [1.165, 1.54) is 32.8 Å². The van der Waals surface area contributed by atoms with Crippen molar-refractivity contribution in [2.75, 3.05) is 20.3 Å². The quantitative estimate of drug-likeness (QED) is 0.592. The number of epoxide rings is 1. The molecule has 0 aromatic carbocycles. The topological polar surface area (TPSA) is 77.5 Å². The van der Waals surface area contributed by atoms with Crippen LogP contribution in [-0.4, -0.2) is 44.2 Å². The lowest BCUT2D eigenvalue weighted by Crippen LogP contribution is -2.36. The molecule has 0 spiro atoms. The molecular weight excluding hydrogens is 336 g/mol. The molecule has 8 atom stereocenters. The number of carbonyl (C=O) groups excluding carboxylic acids is 1. The minimum absolute atomic E-state index is 0.0674. The van der Waals surface area contributed by atoms with Crippen molar-refractivity contribution in [1.82, 2.24) is 0 Å². The van der Waals surface area contributed by atoms with Crippen LogP contribution in [-0.2, 0) is 18.9 Å². The molecule has 1 heterocycles. The largest absolute Gasteiger partial charge is 0.507 e. The van der Waals surface area contributed by atoms with Gasteiger partial charge in [0.25, 0.3) is 0 Å². The first-order valence-electron chi connectivity index (χ1n) is 9.97. The van der Waals surface area contributed by atoms with E-state index in [1.807, 2.05) is 0 Å². The minimum Gasteiger partial charge on any atom is -0.438 e. The highest BCUT2D eigenvalue weighted by molar-refractivity contribution is 5.59. The van der Waals surface area contributed by atoms with Gasteiger partial charge in [0.1, 0.15) is 6.61 Å². The van der Waals surface area contributed by atoms with Gasteiger partial charge >= 0.3 is 6.16 Å². The molecule has 4 fully saturated rings. The fourth-order valence-electron chi connectivity index (χ4n) is 6.25. The lowest BCUT2D eigenvalue weighted by molar-refractivity contribution is -0.0384. The van der Waals surface area contributed by atoms with Crippen LogP contribution in [0.2, 0.25) is 0 Å². The number of hydrogen-bond acceptors (Lipinski definition) is 6. The molecule has 0 radical (unpaired) electrons. The Labute approximate surface area is 155 Å². The number of carbonyl (C=O) groups is 1. The van der Waals surface area contributed by atoms with Gasteiger partial charge in [-0.1, -0.05) is 13.8 Å². The third-order valence-corrected chi connectivity index (χ3v) is 7.42. The van der Waals surface area contributed by atoms with Crippen molar-refractivity contribution in [3.05, 3.63) is 0 Å². The van der Waals surface area contributed by atoms with Gasteiger partial charge < -0.3 is 24.1 Å². The maximum Gasteiger partial charge on any atom is 0.507 e. The first-order valence-corrected chi connectivity index (χ1v) is 9.97. The second kappa shape index (κ2) is 6.64. The van der Waals surface area contributed by atoms with Crippen molar-refractivity contribution in [3.8, 4) is 0 Å². The van der Waals surface area contributed by atoms with Gasteiger partial charge in [0.15, 0.2) is 0 Å². The lowest BCUT2D eigenvalue weighted by atomic mass is 9.65. The molecule has 1 N–H and O–H groups in total. The fourth-order valence-corrected chi connectivity index (χ4v) is 6.25. The van der Waals surface area contributed by atoms with Gasteiger partial charge in [0.2, 0.25) is 12.6 Å². The van der Waals surface area contributed by atoms with Crippen LogP contribution in [0, 0.1) is 34.5 Å². The summed E-state index contributed by atoms with van der Waals surface area (Å²) in [7, 11) is 1.36. The monoisotopic (exact) mass is 368 g/mol. The summed E-state index contributed by atoms with van der Waals surface area (Å²) in [5.41, 5.74) is 0.237. The predicted octanol–water partition coefficient (Wildman–Crippen LogP) is 3.32. The van der Waals surface area contributed by atoms with Crippen LogP contribution in [0.15, 0.2) is 0 Å². The average molecular weight is 368 g/mol. The summed E-state index contributed by atoms with van der Waals surface area (Å²) in [4.78, 5) is 11.4. The van der Waals surface area contributed by atoms with Crippen LogP contribution >= 0.6 is 0 Å². The predicted molar refractivity (Wildman–Crippen MR) is 93.1 cm³/mol. The van der Waals surface area contributed by atoms with E-state index < -0.39 is 18.7 Å². The van der Waals surface area contributed by atoms with Crippen LogP contribution in [0.25, 0.3) is 0 Å². The van der Waals surface area contributed by atoms with Gasteiger partial charge in [-0.15, -0.1) is 0 Å². The summed E-state index contributed by atoms with van der Waals surface area (Å²) < 4.78 is 20.7. The highest BCUT2D eigenvalue weighted by Crippen LogP contribution is 2.62. The number of rotatable bonds is 5. The van der Waals surface area contributed by atoms with Gasteiger partial charge in [-0.05, 0) is 67.6 Å². The minimum atomic E-state index is -0.726. The Morgan fingerprint density at radius 3 is 2.46 bits per heavy atom. The molecule has 6 heteroatoms. The second-order valence-electron chi connectivity index (χ2n) is 9.80. The van der Waals surface area contributed by atoms with Gasteiger partial charge in [0.05, 0.1) is 13.7 Å². The third kappa shape index (κ3) is 3.60. The van der Waals surface area contributed by atoms with Crippen molar-refractivity contribution < 1.29 is 28.8 Å². The number of aliphatic hydroxyl groups is 1. The Hall–Kier alpha value is -0.850. The summed E-state index contributed by atoms with van der Waals surface area (Å²) >= 11 is 0. The molecular formula is C20H32O6. The molecule has 1 saturated heterocycles. The first kappa shape index (κ1) is 18.5. The molecule has 148 valence electrons. The molecule has 8 unspecified atom stereocenters. The fraction of sp³-hybridized carbons (Fsp3) is 0.950. The maximum absolute atomic E-state index is 11.4. The molecule has 0 aromatic rings. The summed E-state index contributed by atoms with van der Waals surface area (Å²) in [6, 6.07) is 0. The van der Waals surface area contributed by atoms with Crippen LogP contribution < -0.4 is 0 Å². The molecule has 1 aliphatic heterocycles. The van der Waals surface area contributed by atoms with Crippen molar-refractivity contribution in [1.29, 1.82) is 0 Å². The summed E-state index contributed by atoms with van der Waals surface area (Å²) in [6.07, 6.45) is 5.52. The molecule has 0 aromatic heterocycles. The van der Waals surface area contributed by atoms with Crippen molar-refractivity contribution in [3.63, 3.8) is 0 Å². The van der Waals surface area contributed by atoms with Crippen LogP contribution in [0.3, 0.4) is 0 Å². The zero-order valence-electron chi connectivity index (χ0n) is 16.1. The Balaban J connectivity index is 1.37. The van der Waals surface area contributed by atoms with E-state index in [4.69, 9.17) is 14.2 Å². The molecule has 2 bridgehead atoms. The number of hydrogen-bond donors (Lipinski definition) is 1. The molecule has 4 aliphatic rings. The summed E-state index contributed by atoms with van der Waals surface area (Å²) in [5.74, 6) is 3.01. The van der Waals surface area contributed by atoms with Gasteiger partial charge in [-0.3, -0.25) is 0 Å². The molecule has 6 nitrogen and oxygen atoms in total. The van der Waals surface area contributed by atoms with Gasteiger partial charge in [0, 0.05) is 5.41 Å². The lowest BCUT2D eigenvalue weighted by Gasteiger charge is -2.42. The van der Waals surface area contributed by atoms with E-state index in [2.05, 4.69) is 18.6 Å². The first-order chi connectivity index (χ1) is 12.3. The van der Waals surface area contributed by atoms with E-state index in [-0.39, 0.29) is 10.8 Å². The molecule has 0 amide bonds. The Morgan fingerprint density at radius 1 is 1.12 bits per heavy atom. The van der Waals surface area contributed by atoms with Crippen molar-refractivity contribution in [2.45, 2.75) is 65.0 Å². The van der Waals surface area contributed by atoms with E-state index >= 15 is 0 Å². The highest BCUT2D eigenvalue weighted by Gasteiger charge is 2.55. The third-order valence-electron chi connectivity index (χ3n) is 7.42. The number of ether oxygens (including phenoxy) is 4. The van der Waals surface area contributed by atoms with E-state index in [1.54, 1.807) is 0 Å². The molecule has 26 heavy (non-hydrogen) atoms. The number of fused-ring (bicyclic) bond motifs is 5. The maximum atomic E-state index is 11.4. The van der Waals surface area contributed by atoms with E-state index in [0.717, 1.165) is 30.6 Å². The van der Waals surface area contributed by atoms with Gasteiger partial charge in [-0.25, -0.2) is 4.79 Å². The molecule has 3 aliphatic carbocycles. The smallest absolute Gasteiger partial charge is 0.438 e. The highest BCUT2D eigenvalue weighted by atomic mass is 16.8. The molecule has 3 saturated carbocycles. The average Bonchev–Trinajstić information content (AvgIpc) is 3.26. The van der Waals surface area contributed by atoms with Crippen molar-refractivity contribution in [2.24, 2.45) is 34.5 Å². The number of methoxy groups -OCH3 is 1. The Kier molecular flexibility index (Phi) is 4.73. The zero-order chi connectivity index (χ0) is 18.5. The van der Waals surface area contributed by atoms with E-state index in [0.29, 0.717) is 19.1 Å².